The van der Waals surface area contributed by atoms with E-state index in [-0.39, 0.29) is 0 Å². The second-order valence-electron chi connectivity index (χ2n) is 4.78. The fourth-order valence-electron chi connectivity index (χ4n) is 2.11. The average molecular weight is 302 g/mol. The monoisotopic (exact) mass is 302 g/mol. The second-order valence-corrected chi connectivity index (χ2v) is 6.05. The van der Waals surface area contributed by atoms with E-state index in [0.717, 1.165) is 21.8 Å². The molecule has 0 spiro atoms. The van der Waals surface area contributed by atoms with E-state index in [1.165, 1.54) is 11.8 Å². The van der Waals surface area contributed by atoms with Crippen LogP contribution in [0.2, 0.25) is 0 Å². The lowest BCUT2D eigenvalue weighted by Gasteiger charge is -2.15. The first-order valence-electron chi connectivity index (χ1n) is 6.68. The first-order valence-corrected chi connectivity index (χ1v) is 7.56. The van der Waals surface area contributed by atoms with Crippen molar-refractivity contribution in [1.82, 2.24) is 0 Å². The Hall–Kier alpha value is -1.94. The first-order chi connectivity index (χ1) is 10.1. The topological polar surface area (TPSA) is 46.5 Å². The predicted octanol–water partition coefficient (Wildman–Crippen LogP) is 3.79. The van der Waals surface area contributed by atoms with Gasteiger partial charge in [0, 0.05) is 4.90 Å². The van der Waals surface area contributed by atoms with E-state index in [4.69, 9.17) is 4.74 Å². The fraction of sp³-hybridized carbons (Fsp3) is 0.235. The van der Waals surface area contributed by atoms with Crippen LogP contribution in [0.25, 0.3) is 0 Å². The summed E-state index contributed by atoms with van der Waals surface area (Å²) in [5.41, 5.74) is 2.02. The maximum atomic E-state index is 11.5. The van der Waals surface area contributed by atoms with Crippen LogP contribution < -0.4 is 4.74 Å². The number of methoxy groups -OCH3 is 1. The van der Waals surface area contributed by atoms with E-state index in [0.29, 0.717) is 6.42 Å². The Balaban J connectivity index is 2.20. The van der Waals surface area contributed by atoms with E-state index >= 15 is 0 Å². The molecular weight excluding hydrogens is 284 g/mol. The van der Waals surface area contributed by atoms with E-state index in [1.807, 2.05) is 55.5 Å². The molecule has 0 saturated heterocycles. The van der Waals surface area contributed by atoms with Crippen LogP contribution in [0.4, 0.5) is 0 Å². The van der Waals surface area contributed by atoms with Gasteiger partial charge in [0.05, 0.1) is 7.11 Å². The maximum Gasteiger partial charge on any atom is 0.317 e. The number of thioether (sulfide) groups is 1. The number of carboxylic acid groups (broad SMARTS) is 1. The first kappa shape index (κ1) is 15.4. The number of ether oxygens (including phenoxy) is 1. The van der Waals surface area contributed by atoms with Crippen molar-refractivity contribution >= 4 is 17.7 Å². The molecule has 0 aliphatic carbocycles. The highest BCUT2D eigenvalue weighted by molar-refractivity contribution is 8.00. The molecule has 0 heterocycles. The van der Waals surface area contributed by atoms with Gasteiger partial charge in [-0.25, -0.2) is 0 Å². The Morgan fingerprint density at radius 3 is 2.57 bits per heavy atom. The number of hydrogen-bond donors (Lipinski definition) is 1. The van der Waals surface area contributed by atoms with Crippen LogP contribution in [-0.2, 0) is 11.2 Å². The number of carboxylic acids is 1. The van der Waals surface area contributed by atoms with E-state index in [2.05, 4.69) is 0 Å². The molecule has 0 aromatic heterocycles. The van der Waals surface area contributed by atoms with Crippen molar-refractivity contribution in [3.05, 3.63) is 59.7 Å². The van der Waals surface area contributed by atoms with Gasteiger partial charge >= 0.3 is 5.97 Å². The number of carbonyl (C=O) groups is 1. The highest BCUT2D eigenvalue weighted by Crippen LogP contribution is 2.29. The van der Waals surface area contributed by atoms with Crippen LogP contribution in [0.3, 0.4) is 0 Å². The fourth-order valence-corrected chi connectivity index (χ4v) is 3.12. The molecule has 2 aromatic rings. The summed E-state index contributed by atoms with van der Waals surface area (Å²) >= 11 is 1.36. The number of aryl methyl sites for hydroxylation is 1. The van der Waals surface area contributed by atoms with Gasteiger partial charge in [0.25, 0.3) is 0 Å². The average Bonchev–Trinajstić information content (AvgIpc) is 2.48. The molecule has 0 saturated carbocycles. The number of hydrogen-bond acceptors (Lipinski definition) is 3. The van der Waals surface area contributed by atoms with Crippen LogP contribution in [-0.4, -0.2) is 23.4 Å². The molecule has 21 heavy (non-hydrogen) atoms. The third-order valence-corrected chi connectivity index (χ3v) is 4.34. The molecule has 1 atom stereocenters. The van der Waals surface area contributed by atoms with Gasteiger partial charge in [0.15, 0.2) is 0 Å². The molecule has 2 aromatic carbocycles. The summed E-state index contributed by atoms with van der Waals surface area (Å²) in [6.07, 6.45) is 0.430. The number of rotatable bonds is 6. The summed E-state index contributed by atoms with van der Waals surface area (Å²) in [7, 11) is 1.61. The third-order valence-electron chi connectivity index (χ3n) is 3.14. The SMILES string of the molecule is COc1ccc(C)cc1CC(Sc1ccccc1)C(=O)O. The van der Waals surface area contributed by atoms with Crippen molar-refractivity contribution in [2.24, 2.45) is 0 Å². The third kappa shape index (κ3) is 4.26. The zero-order valence-corrected chi connectivity index (χ0v) is 12.9. The number of benzene rings is 2. The minimum atomic E-state index is -0.813. The highest BCUT2D eigenvalue weighted by atomic mass is 32.2. The van der Waals surface area contributed by atoms with E-state index in [1.54, 1.807) is 7.11 Å². The van der Waals surface area contributed by atoms with Gasteiger partial charge in [-0.15, -0.1) is 11.8 Å². The van der Waals surface area contributed by atoms with Crippen LogP contribution in [0.15, 0.2) is 53.4 Å². The number of aliphatic carboxylic acids is 1. The molecule has 3 nitrogen and oxygen atoms in total. The molecular formula is C17H18O3S. The quantitative estimate of drug-likeness (QED) is 0.825. The normalized spacial score (nSPS) is 11.9. The van der Waals surface area contributed by atoms with Crippen molar-refractivity contribution in [1.29, 1.82) is 0 Å². The molecule has 0 radical (unpaired) electrons. The minimum absolute atomic E-state index is 0.430. The second kappa shape index (κ2) is 7.18. The largest absolute Gasteiger partial charge is 0.496 e. The van der Waals surface area contributed by atoms with Crippen molar-refractivity contribution in [3.8, 4) is 5.75 Å². The molecule has 0 aliphatic heterocycles. The lowest BCUT2D eigenvalue weighted by Crippen LogP contribution is -2.19. The van der Waals surface area contributed by atoms with Gasteiger partial charge in [-0.2, -0.15) is 0 Å². The Labute approximate surface area is 129 Å². The van der Waals surface area contributed by atoms with Gasteiger partial charge < -0.3 is 9.84 Å². The van der Waals surface area contributed by atoms with E-state index < -0.39 is 11.2 Å². The maximum absolute atomic E-state index is 11.5. The Bertz CT molecular complexity index is 611. The van der Waals surface area contributed by atoms with Gasteiger partial charge in [-0.05, 0) is 37.1 Å². The highest BCUT2D eigenvalue weighted by Gasteiger charge is 2.21. The molecule has 0 fully saturated rings. The summed E-state index contributed by atoms with van der Waals surface area (Å²) in [5, 5.41) is 8.93. The van der Waals surface area contributed by atoms with Crippen molar-refractivity contribution in [2.45, 2.75) is 23.5 Å². The Morgan fingerprint density at radius 1 is 1.24 bits per heavy atom. The van der Waals surface area contributed by atoms with Gasteiger partial charge in [-0.1, -0.05) is 35.9 Å². The van der Waals surface area contributed by atoms with Crippen LogP contribution >= 0.6 is 11.8 Å². The zero-order valence-electron chi connectivity index (χ0n) is 12.1. The summed E-state index contributed by atoms with van der Waals surface area (Å²) in [6.45, 7) is 1.99. The standard InChI is InChI=1S/C17H18O3S/c1-12-8-9-15(20-2)13(10-12)11-16(17(18)19)21-14-6-4-3-5-7-14/h3-10,16H,11H2,1-2H3,(H,18,19). The van der Waals surface area contributed by atoms with Crippen molar-refractivity contribution in [3.63, 3.8) is 0 Å². The molecule has 1 N–H and O–H groups in total. The van der Waals surface area contributed by atoms with Crippen LogP contribution in [0, 0.1) is 6.92 Å². The predicted molar refractivity (Wildman–Crippen MR) is 85.2 cm³/mol. The molecule has 0 aliphatic rings. The van der Waals surface area contributed by atoms with Gasteiger partial charge in [-0.3, -0.25) is 4.79 Å². The van der Waals surface area contributed by atoms with Crippen molar-refractivity contribution in [2.75, 3.05) is 7.11 Å². The summed E-state index contributed by atoms with van der Waals surface area (Å²) in [6, 6.07) is 15.4. The van der Waals surface area contributed by atoms with Crippen LogP contribution in [0.5, 0.6) is 5.75 Å². The van der Waals surface area contributed by atoms with Crippen LogP contribution in [0.1, 0.15) is 11.1 Å². The van der Waals surface area contributed by atoms with Crippen molar-refractivity contribution < 1.29 is 14.6 Å². The molecule has 0 bridgehead atoms. The minimum Gasteiger partial charge on any atom is -0.496 e. The summed E-state index contributed by atoms with van der Waals surface area (Å²) in [5.74, 6) is -0.0760. The molecule has 110 valence electrons. The Morgan fingerprint density at radius 2 is 1.95 bits per heavy atom. The smallest absolute Gasteiger partial charge is 0.317 e. The molecule has 2 rings (SSSR count). The lowest BCUT2D eigenvalue weighted by atomic mass is 10.1. The molecule has 1 unspecified atom stereocenters. The van der Waals surface area contributed by atoms with Gasteiger partial charge in [0.1, 0.15) is 11.0 Å². The van der Waals surface area contributed by atoms with E-state index in [9.17, 15) is 9.90 Å². The molecule has 0 amide bonds. The summed E-state index contributed by atoms with van der Waals surface area (Å²) in [4.78, 5) is 12.5. The molecule has 4 heteroatoms. The Kier molecular flexibility index (Phi) is 5.28. The lowest BCUT2D eigenvalue weighted by molar-refractivity contribution is -0.136. The van der Waals surface area contributed by atoms with Gasteiger partial charge in [0.2, 0.25) is 0 Å². The summed E-state index contributed by atoms with van der Waals surface area (Å²) < 4.78 is 5.33. The zero-order chi connectivity index (χ0) is 15.2.